The smallest absolute Gasteiger partial charge is 0.323 e. The quantitative estimate of drug-likeness (QED) is 0.423. The highest BCUT2D eigenvalue weighted by molar-refractivity contribution is 6.32. The van der Waals surface area contributed by atoms with E-state index in [1.54, 1.807) is 25.3 Å². The summed E-state index contributed by atoms with van der Waals surface area (Å²) in [5.41, 5.74) is 3.01. The molecule has 9 heteroatoms. The molecule has 2 aromatic carbocycles. The van der Waals surface area contributed by atoms with Crippen molar-refractivity contribution in [2.75, 3.05) is 41.0 Å². The lowest BCUT2D eigenvalue weighted by Gasteiger charge is -2.27. The summed E-state index contributed by atoms with van der Waals surface area (Å²) in [4.78, 5) is 23.8. The fourth-order valence-electron chi connectivity index (χ4n) is 3.67. The molecule has 1 aliphatic heterocycles. The summed E-state index contributed by atoms with van der Waals surface area (Å²) in [6, 6.07) is 14.0. The van der Waals surface area contributed by atoms with Crippen LogP contribution in [0.4, 0.5) is 33.6 Å². The van der Waals surface area contributed by atoms with Crippen LogP contribution in [0.2, 0.25) is 5.02 Å². The first-order valence-corrected chi connectivity index (χ1v) is 11.3. The molecule has 8 nitrogen and oxygen atoms in total. The van der Waals surface area contributed by atoms with Crippen LogP contribution in [0.25, 0.3) is 0 Å². The Balaban J connectivity index is 1.37. The van der Waals surface area contributed by atoms with Gasteiger partial charge in [0.15, 0.2) is 0 Å². The molecule has 0 unspecified atom stereocenters. The predicted molar refractivity (Wildman–Crippen MR) is 133 cm³/mol. The van der Waals surface area contributed by atoms with Crippen LogP contribution in [-0.2, 0) is 0 Å². The first-order valence-electron chi connectivity index (χ1n) is 10.9. The SMILES string of the molecule is COc1ccc(NC(=O)Nc2ccc(Nc3cc(C)nc(N4CCCCC4)n3)cc2)cc1Cl. The molecule has 3 N–H and O–H groups in total. The summed E-state index contributed by atoms with van der Waals surface area (Å²) >= 11 is 6.11. The normalized spacial score (nSPS) is 13.4. The number of piperidine rings is 1. The number of benzene rings is 2. The number of halogens is 1. The molecule has 0 radical (unpaired) electrons. The zero-order chi connectivity index (χ0) is 23.2. The second-order valence-electron chi connectivity index (χ2n) is 7.87. The summed E-state index contributed by atoms with van der Waals surface area (Å²) in [6.45, 7) is 3.96. The standard InChI is InChI=1S/C24H27ClN6O2/c1-16-14-22(30-23(26-16)31-12-4-3-5-13-31)27-17-6-8-18(9-7-17)28-24(32)29-19-10-11-21(33-2)20(25)15-19/h6-11,14-15H,3-5,12-13H2,1-2H3,(H,26,27,30)(H2,28,29,32). The lowest BCUT2D eigenvalue weighted by molar-refractivity contribution is 0.262. The molecule has 2 heterocycles. The summed E-state index contributed by atoms with van der Waals surface area (Å²) in [6.07, 6.45) is 3.61. The number of aryl methyl sites for hydroxylation is 1. The summed E-state index contributed by atoms with van der Waals surface area (Å²) < 4.78 is 5.12. The number of carbonyl (C=O) groups excluding carboxylic acids is 1. The zero-order valence-electron chi connectivity index (χ0n) is 18.7. The number of hydrogen-bond donors (Lipinski definition) is 3. The number of anilines is 5. The molecule has 1 fully saturated rings. The van der Waals surface area contributed by atoms with E-state index in [0.717, 1.165) is 36.2 Å². The van der Waals surface area contributed by atoms with Crippen LogP contribution in [0, 0.1) is 6.92 Å². The van der Waals surface area contributed by atoms with E-state index < -0.39 is 0 Å². The average Bonchev–Trinajstić information content (AvgIpc) is 2.81. The minimum absolute atomic E-state index is 0.366. The first kappa shape index (κ1) is 22.7. The Morgan fingerprint density at radius 1 is 0.939 bits per heavy atom. The van der Waals surface area contributed by atoms with E-state index >= 15 is 0 Å². The van der Waals surface area contributed by atoms with Crippen LogP contribution in [0.3, 0.4) is 0 Å². The molecule has 4 rings (SSSR count). The molecule has 0 saturated carbocycles. The van der Waals surface area contributed by atoms with E-state index in [1.807, 2.05) is 37.3 Å². The van der Waals surface area contributed by atoms with E-state index in [1.165, 1.54) is 19.3 Å². The van der Waals surface area contributed by atoms with Crippen LogP contribution in [0.5, 0.6) is 5.75 Å². The number of urea groups is 1. The molecule has 0 bridgehead atoms. The number of carbonyl (C=O) groups is 1. The number of ether oxygens (including phenoxy) is 1. The van der Waals surface area contributed by atoms with Gasteiger partial charge in [-0.3, -0.25) is 0 Å². The molecular weight excluding hydrogens is 440 g/mol. The van der Waals surface area contributed by atoms with Gasteiger partial charge in [0.25, 0.3) is 0 Å². The Hall–Kier alpha value is -3.52. The van der Waals surface area contributed by atoms with Crippen molar-refractivity contribution in [1.82, 2.24) is 9.97 Å². The number of nitrogens with zero attached hydrogens (tertiary/aromatic N) is 3. The second kappa shape index (κ2) is 10.4. The van der Waals surface area contributed by atoms with Crippen molar-refractivity contribution in [2.24, 2.45) is 0 Å². The van der Waals surface area contributed by atoms with Crippen molar-refractivity contribution in [2.45, 2.75) is 26.2 Å². The Bertz CT molecular complexity index is 1120. The lowest BCUT2D eigenvalue weighted by Crippen LogP contribution is -2.31. The van der Waals surface area contributed by atoms with Crippen LogP contribution in [-0.4, -0.2) is 36.2 Å². The average molecular weight is 467 g/mol. The summed E-state index contributed by atoms with van der Waals surface area (Å²) in [5.74, 6) is 2.07. The van der Waals surface area contributed by atoms with Crippen LogP contribution in [0.1, 0.15) is 25.0 Å². The topological polar surface area (TPSA) is 91.4 Å². The zero-order valence-corrected chi connectivity index (χ0v) is 19.4. The highest BCUT2D eigenvalue weighted by Gasteiger charge is 2.15. The molecule has 33 heavy (non-hydrogen) atoms. The third kappa shape index (κ3) is 6.04. The van der Waals surface area contributed by atoms with Gasteiger partial charge >= 0.3 is 6.03 Å². The molecule has 0 aliphatic carbocycles. The van der Waals surface area contributed by atoms with Crippen molar-refractivity contribution in [3.05, 3.63) is 59.2 Å². The maximum Gasteiger partial charge on any atom is 0.323 e. The van der Waals surface area contributed by atoms with E-state index in [-0.39, 0.29) is 6.03 Å². The molecule has 0 atom stereocenters. The van der Waals surface area contributed by atoms with Crippen LogP contribution < -0.4 is 25.6 Å². The number of nitrogens with one attached hydrogen (secondary N) is 3. The first-order chi connectivity index (χ1) is 16.0. The van der Waals surface area contributed by atoms with Gasteiger partial charge in [-0.15, -0.1) is 0 Å². The minimum Gasteiger partial charge on any atom is -0.495 e. The number of hydrogen-bond acceptors (Lipinski definition) is 6. The molecule has 1 aromatic heterocycles. The molecule has 2 amide bonds. The molecule has 1 aliphatic rings. The van der Waals surface area contributed by atoms with Crippen LogP contribution in [0.15, 0.2) is 48.5 Å². The maximum absolute atomic E-state index is 12.3. The van der Waals surface area contributed by atoms with Gasteiger partial charge in [0, 0.05) is 41.9 Å². The molecule has 1 saturated heterocycles. The third-order valence-electron chi connectivity index (χ3n) is 5.31. The van der Waals surface area contributed by atoms with Crippen molar-refractivity contribution in [3.63, 3.8) is 0 Å². The lowest BCUT2D eigenvalue weighted by atomic mass is 10.1. The number of aromatic nitrogens is 2. The molecule has 3 aromatic rings. The van der Waals surface area contributed by atoms with Gasteiger partial charge in [-0.1, -0.05) is 11.6 Å². The fraction of sp³-hybridized carbons (Fsp3) is 0.292. The molecule has 0 spiro atoms. The van der Waals surface area contributed by atoms with Crippen LogP contribution >= 0.6 is 11.6 Å². The molecule has 172 valence electrons. The van der Waals surface area contributed by atoms with E-state index in [0.29, 0.717) is 22.1 Å². The van der Waals surface area contributed by atoms with Gasteiger partial charge in [0.2, 0.25) is 5.95 Å². The van der Waals surface area contributed by atoms with Gasteiger partial charge in [-0.25, -0.2) is 9.78 Å². The molecular formula is C24H27ClN6O2. The Kier molecular flexibility index (Phi) is 7.14. The maximum atomic E-state index is 12.3. The monoisotopic (exact) mass is 466 g/mol. The van der Waals surface area contributed by atoms with E-state index in [2.05, 4.69) is 25.8 Å². The van der Waals surface area contributed by atoms with Gasteiger partial charge in [-0.2, -0.15) is 4.98 Å². The minimum atomic E-state index is -0.366. The second-order valence-corrected chi connectivity index (χ2v) is 8.28. The third-order valence-corrected chi connectivity index (χ3v) is 5.60. The van der Waals surface area contributed by atoms with Crippen molar-refractivity contribution >= 4 is 46.5 Å². The number of methoxy groups -OCH3 is 1. The van der Waals surface area contributed by atoms with Crippen molar-refractivity contribution < 1.29 is 9.53 Å². The number of amides is 2. The van der Waals surface area contributed by atoms with Gasteiger partial charge in [0.05, 0.1) is 12.1 Å². The Labute approximate surface area is 198 Å². The van der Waals surface area contributed by atoms with Gasteiger partial charge in [-0.05, 0) is 68.7 Å². The van der Waals surface area contributed by atoms with Crippen molar-refractivity contribution in [1.29, 1.82) is 0 Å². The summed E-state index contributed by atoms with van der Waals surface area (Å²) in [7, 11) is 1.54. The van der Waals surface area contributed by atoms with Gasteiger partial charge < -0.3 is 25.6 Å². The van der Waals surface area contributed by atoms with E-state index in [9.17, 15) is 4.79 Å². The Morgan fingerprint density at radius 3 is 2.30 bits per heavy atom. The Morgan fingerprint density at radius 2 is 1.61 bits per heavy atom. The van der Waals surface area contributed by atoms with Crippen molar-refractivity contribution in [3.8, 4) is 5.75 Å². The highest BCUT2D eigenvalue weighted by Crippen LogP contribution is 2.27. The predicted octanol–water partition coefficient (Wildman–Crippen LogP) is 5.82. The highest BCUT2D eigenvalue weighted by atomic mass is 35.5. The largest absolute Gasteiger partial charge is 0.495 e. The van der Waals surface area contributed by atoms with E-state index in [4.69, 9.17) is 21.3 Å². The summed E-state index contributed by atoms with van der Waals surface area (Å²) in [5, 5.41) is 9.31. The van der Waals surface area contributed by atoms with Gasteiger partial charge in [0.1, 0.15) is 11.6 Å². The number of rotatable bonds is 6. The fourth-order valence-corrected chi connectivity index (χ4v) is 3.93.